The fourth-order valence-electron chi connectivity index (χ4n) is 4.87. The molecule has 0 fully saturated rings. The van der Waals surface area contributed by atoms with Crippen LogP contribution < -0.4 is 10.6 Å². The Morgan fingerprint density at radius 2 is 1.17 bits per heavy atom. The topological polar surface area (TPSA) is 0 Å². The smallest absolute Gasteiger partial charge is 0.0202 e. The van der Waals surface area contributed by atoms with Crippen molar-refractivity contribution >= 4 is 26.5 Å². The average Bonchev–Trinajstić information content (AvgIpc) is 3.10. The minimum absolute atomic E-state index is 0.223. The molecule has 0 saturated carbocycles. The second kappa shape index (κ2) is 8.88. The van der Waals surface area contributed by atoms with Gasteiger partial charge in [0.1, 0.15) is 0 Å². The maximum absolute atomic E-state index is 2.50. The normalized spacial score (nSPS) is 18.4. The van der Waals surface area contributed by atoms with E-state index in [4.69, 9.17) is 0 Å². The SMILES string of the molecule is CC(C1=CC=C[C@H]1P(C(C)(C)C)C(C)(C)C)P(c1ccccc1)c1ccccc1. The van der Waals surface area contributed by atoms with Crippen LogP contribution in [0.1, 0.15) is 48.5 Å². The van der Waals surface area contributed by atoms with Gasteiger partial charge >= 0.3 is 0 Å². The van der Waals surface area contributed by atoms with Crippen LogP contribution in [0, 0.1) is 0 Å². The Kier molecular flexibility index (Phi) is 6.88. The van der Waals surface area contributed by atoms with Crippen molar-refractivity contribution in [1.29, 1.82) is 0 Å². The van der Waals surface area contributed by atoms with E-state index in [-0.39, 0.29) is 7.92 Å². The molecule has 3 rings (SSSR count). The summed E-state index contributed by atoms with van der Waals surface area (Å²) in [5, 5.41) is 3.58. The van der Waals surface area contributed by atoms with Crippen LogP contribution in [0.25, 0.3) is 0 Å². The summed E-state index contributed by atoms with van der Waals surface area (Å²) in [4.78, 5) is 0. The van der Waals surface area contributed by atoms with Gasteiger partial charge in [-0.25, -0.2) is 0 Å². The van der Waals surface area contributed by atoms with Gasteiger partial charge in [-0.05, 0) is 28.8 Å². The van der Waals surface area contributed by atoms with Gasteiger partial charge in [0.2, 0.25) is 0 Å². The Bertz CT molecular complexity index is 797. The van der Waals surface area contributed by atoms with Crippen LogP contribution in [0.5, 0.6) is 0 Å². The maximum atomic E-state index is 2.50. The van der Waals surface area contributed by atoms with Crippen molar-refractivity contribution in [1.82, 2.24) is 0 Å². The Morgan fingerprint density at radius 1 is 0.724 bits per heavy atom. The Hall–Kier alpha value is -1.22. The van der Waals surface area contributed by atoms with Gasteiger partial charge in [0.25, 0.3) is 0 Å². The highest BCUT2D eigenvalue weighted by atomic mass is 31.1. The van der Waals surface area contributed by atoms with Crippen LogP contribution in [0.3, 0.4) is 0 Å². The van der Waals surface area contributed by atoms with E-state index in [1.165, 1.54) is 10.6 Å². The third-order valence-corrected chi connectivity index (χ3v) is 12.3. The molecule has 2 aromatic carbocycles. The molecule has 1 aliphatic carbocycles. The molecular formula is C27H36P2. The number of hydrogen-bond donors (Lipinski definition) is 0. The van der Waals surface area contributed by atoms with Crippen LogP contribution in [0.4, 0.5) is 0 Å². The van der Waals surface area contributed by atoms with E-state index in [9.17, 15) is 0 Å². The Labute approximate surface area is 181 Å². The lowest BCUT2D eigenvalue weighted by atomic mass is 10.1. The monoisotopic (exact) mass is 422 g/mol. The van der Waals surface area contributed by atoms with Gasteiger partial charge in [-0.2, -0.15) is 0 Å². The summed E-state index contributed by atoms with van der Waals surface area (Å²) >= 11 is 0. The van der Waals surface area contributed by atoms with Gasteiger partial charge in [0.05, 0.1) is 0 Å². The van der Waals surface area contributed by atoms with Crippen LogP contribution in [-0.4, -0.2) is 21.6 Å². The molecule has 1 unspecified atom stereocenters. The zero-order chi connectivity index (χ0) is 21.2. The predicted molar refractivity (Wildman–Crippen MR) is 136 cm³/mol. The standard InChI is InChI=1S/C27H36P2/c1-21(24-19-14-20-25(24)29(26(2,3)4)27(5,6)7)28(22-15-10-8-11-16-22)23-17-12-9-13-18-23/h8-21,25H,1-7H3/t21?,25-/m1/s1. The molecule has 0 bridgehead atoms. The second-order valence-electron chi connectivity index (χ2n) is 9.93. The first-order chi connectivity index (χ1) is 13.6. The molecule has 0 heterocycles. The van der Waals surface area contributed by atoms with E-state index in [2.05, 4.69) is 127 Å². The molecule has 0 N–H and O–H groups in total. The lowest BCUT2D eigenvalue weighted by Crippen LogP contribution is -2.33. The van der Waals surface area contributed by atoms with E-state index in [1.54, 1.807) is 5.57 Å². The van der Waals surface area contributed by atoms with Crippen molar-refractivity contribution in [3.8, 4) is 0 Å². The van der Waals surface area contributed by atoms with Gasteiger partial charge < -0.3 is 0 Å². The summed E-state index contributed by atoms with van der Waals surface area (Å²) < 4.78 is 0. The lowest BCUT2D eigenvalue weighted by Gasteiger charge is -2.47. The van der Waals surface area contributed by atoms with Crippen molar-refractivity contribution in [2.75, 3.05) is 0 Å². The second-order valence-corrected chi connectivity index (χ2v) is 16.5. The molecule has 2 aromatic rings. The molecule has 154 valence electrons. The summed E-state index contributed by atoms with van der Waals surface area (Å²) in [6, 6.07) is 22.3. The van der Waals surface area contributed by atoms with Gasteiger partial charge in [-0.3, -0.25) is 0 Å². The first-order valence-electron chi connectivity index (χ1n) is 10.7. The number of hydrogen-bond acceptors (Lipinski definition) is 0. The molecular weight excluding hydrogens is 386 g/mol. The fourth-order valence-corrected chi connectivity index (χ4v) is 12.3. The molecule has 2 atom stereocenters. The van der Waals surface area contributed by atoms with E-state index in [1.807, 2.05) is 0 Å². The van der Waals surface area contributed by atoms with Gasteiger partial charge in [0.15, 0.2) is 0 Å². The van der Waals surface area contributed by atoms with Crippen molar-refractivity contribution in [3.05, 3.63) is 84.5 Å². The van der Waals surface area contributed by atoms with Crippen LogP contribution in [0.2, 0.25) is 0 Å². The van der Waals surface area contributed by atoms with Gasteiger partial charge in [-0.15, -0.1) is 0 Å². The molecule has 0 saturated heterocycles. The molecule has 1 aliphatic rings. The molecule has 0 spiro atoms. The molecule has 0 aliphatic heterocycles. The zero-order valence-corrected chi connectivity index (χ0v) is 20.8. The summed E-state index contributed by atoms with van der Waals surface area (Å²) in [7, 11) is -0.667. The fraction of sp³-hybridized carbons (Fsp3) is 0.407. The van der Waals surface area contributed by atoms with Crippen molar-refractivity contribution in [3.63, 3.8) is 0 Å². The first-order valence-corrected chi connectivity index (χ1v) is 13.5. The van der Waals surface area contributed by atoms with E-state index in [0.29, 0.717) is 21.6 Å². The minimum atomic E-state index is -0.444. The Balaban J connectivity index is 2.03. The first kappa shape index (κ1) is 22.5. The third kappa shape index (κ3) is 5.10. The predicted octanol–water partition coefficient (Wildman–Crippen LogP) is 7.45. The third-order valence-electron chi connectivity index (χ3n) is 5.59. The van der Waals surface area contributed by atoms with Crippen LogP contribution in [-0.2, 0) is 0 Å². The lowest BCUT2D eigenvalue weighted by molar-refractivity contribution is 0.698. The minimum Gasteiger partial charge on any atom is -0.0843 e. The van der Waals surface area contributed by atoms with Crippen LogP contribution in [0.15, 0.2) is 84.5 Å². The van der Waals surface area contributed by atoms with Crippen LogP contribution >= 0.6 is 15.8 Å². The number of benzene rings is 2. The number of rotatable bonds is 5. The number of allylic oxidation sites excluding steroid dienone is 4. The van der Waals surface area contributed by atoms with E-state index < -0.39 is 7.92 Å². The molecule has 0 radical (unpaired) electrons. The van der Waals surface area contributed by atoms with Crippen molar-refractivity contribution in [2.45, 2.75) is 70.1 Å². The highest BCUT2D eigenvalue weighted by molar-refractivity contribution is 7.74. The quantitative estimate of drug-likeness (QED) is 0.439. The van der Waals surface area contributed by atoms with Crippen molar-refractivity contribution < 1.29 is 0 Å². The van der Waals surface area contributed by atoms with E-state index >= 15 is 0 Å². The summed E-state index contributed by atoms with van der Waals surface area (Å²) in [6.07, 6.45) is 7.26. The van der Waals surface area contributed by atoms with Crippen molar-refractivity contribution in [2.24, 2.45) is 0 Å². The highest BCUT2D eigenvalue weighted by Gasteiger charge is 2.43. The maximum Gasteiger partial charge on any atom is 0.0202 e. The van der Waals surface area contributed by atoms with Gasteiger partial charge in [-0.1, -0.05) is 141 Å². The summed E-state index contributed by atoms with van der Waals surface area (Å²) in [5.74, 6) is 0. The Morgan fingerprint density at radius 3 is 1.59 bits per heavy atom. The molecule has 0 aromatic heterocycles. The molecule has 0 nitrogen and oxygen atoms in total. The largest absolute Gasteiger partial charge is 0.0843 e. The summed E-state index contributed by atoms with van der Waals surface area (Å²) in [6.45, 7) is 17.1. The molecule has 0 amide bonds. The summed E-state index contributed by atoms with van der Waals surface area (Å²) in [5.41, 5.74) is 2.72. The molecule has 2 heteroatoms. The molecule has 29 heavy (non-hydrogen) atoms. The van der Waals surface area contributed by atoms with Gasteiger partial charge in [0, 0.05) is 11.3 Å². The zero-order valence-electron chi connectivity index (χ0n) is 19.1. The average molecular weight is 423 g/mol. The highest BCUT2D eigenvalue weighted by Crippen LogP contribution is 2.66. The van der Waals surface area contributed by atoms with E-state index in [0.717, 1.165) is 0 Å².